The number of amides is 1. The molecule has 0 saturated carbocycles. The molecule has 1 atom stereocenters. The summed E-state index contributed by atoms with van der Waals surface area (Å²) in [4.78, 5) is 11.8. The summed E-state index contributed by atoms with van der Waals surface area (Å²) in [5, 5.41) is 5.73. The summed E-state index contributed by atoms with van der Waals surface area (Å²) in [6.45, 7) is 1.69. The van der Waals surface area contributed by atoms with E-state index in [0.717, 1.165) is 25.6 Å². The lowest BCUT2D eigenvalue weighted by Gasteiger charge is -2.12. The highest BCUT2D eigenvalue weighted by molar-refractivity contribution is 5.91. The van der Waals surface area contributed by atoms with Crippen LogP contribution in [0.4, 0.5) is 18.9 Å². The molecule has 1 aliphatic rings. The van der Waals surface area contributed by atoms with Gasteiger partial charge < -0.3 is 15.4 Å². The first-order chi connectivity index (χ1) is 9.42. The van der Waals surface area contributed by atoms with E-state index >= 15 is 0 Å². The molecule has 1 unspecified atom stereocenters. The molecule has 110 valence electrons. The van der Waals surface area contributed by atoms with Crippen LogP contribution in [0.1, 0.15) is 12.8 Å². The number of hydrogen-bond acceptors (Lipinski definition) is 3. The van der Waals surface area contributed by atoms with Crippen LogP contribution in [0.25, 0.3) is 0 Å². The lowest BCUT2D eigenvalue weighted by Crippen LogP contribution is -2.19. The van der Waals surface area contributed by atoms with Gasteiger partial charge in [0.1, 0.15) is 5.75 Å². The molecule has 1 heterocycles. The van der Waals surface area contributed by atoms with Gasteiger partial charge in [-0.15, -0.1) is 13.2 Å². The fourth-order valence-corrected chi connectivity index (χ4v) is 2.13. The molecule has 7 heteroatoms. The molecule has 1 aromatic carbocycles. The average Bonchev–Trinajstić information content (AvgIpc) is 2.79. The molecule has 1 saturated heterocycles. The second-order valence-electron chi connectivity index (χ2n) is 4.69. The van der Waals surface area contributed by atoms with Gasteiger partial charge in [0, 0.05) is 18.2 Å². The number of benzene rings is 1. The van der Waals surface area contributed by atoms with E-state index in [1.54, 1.807) is 0 Å². The molecule has 20 heavy (non-hydrogen) atoms. The molecule has 0 aliphatic carbocycles. The van der Waals surface area contributed by atoms with E-state index < -0.39 is 6.36 Å². The van der Waals surface area contributed by atoms with Crippen molar-refractivity contribution in [3.63, 3.8) is 0 Å². The van der Waals surface area contributed by atoms with Crippen molar-refractivity contribution in [2.75, 3.05) is 18.4 Å². The molecular formula is C13H15F3N2O2. The zero-order valence-corrected chi connectivity index (χ0v) is 10.7. The zero-order valence-electron chi connectivity index (χ0n) is 10.7. The predicted molar refractivity (Wildman–Crippen MR) is 67.3 cm³/mol. The summed E-state index contributed by atoms with van der Waals surface area (Å²) in [5.41, 5.74) is 0.294. The second-order valence-corrected chi connectivity index (χ2v) is 4.69. The SMILES string of the molecule is O=C(CC1CCNC1)Nc1cccc(OC(F)(F)F)c1. The molecular weight excluding hydrogens is 273 g/mol. The molecule has 0 aromatic heterocycles. The second kappa shape index (κ2) is 6.13. The van der Waals surface area contributed by atoms with Crippen LogP contribution in [0.5, 0.6) is 5.75 Å². The first-order valence-corrected chi connectivity index (χ1v) is 6.29. The Morgan fingerprint density at radius 1 is 1.45 bits per heavy atom. The Labute approximate surface area is 114 Å². The molecule has 0 radical (unpaired) electrons. The van der Waals surface area contributed by atoms with Crippen LogP contribution in [-0.2, 0) is 4.79 Å². The van der Waals surface area contributed by atoms with Crippen LogP contribution < -0.4 is 15.4 Å². The molecule has 0 spiro atoms. The number of alkyl halides is 3. The maximum Gasteiger partial charge on any atom is 0.573 e. The maximum absolute atomic E-state index is 12.1. The van der Waals surface area contributed by atoms with Crippen LogP contribution in [0.3, 0.4) is 0 Å². The van der Waals surface area contributed by atoms with E-state index in [1.165, 1.54) is 18.2 Å². The van der Waals surface area contributed by atoms with Crippen LogP contribution >= 0.6 is 0 Å². The van der Waals surface area contributed by atoms with E-state index in [9.17, 15) is 18.0 Å². The molecule has 1 aliphatic heterocycles. The minimum atomic E-state index is -4.74. The third-order valence-corrected chi connectivity index (χ3v) is 2.99. The number of hydrogen-bond donors (Lipinski definition) is 2. The number of halogens is 3. The smallest absolute Gasteiger partial charge is 0.406 e. The number of carbonyl (C=O) groups excluding carboxylic acids is 1. The summed E-state index contributed by atoms with van der Waals surface area (Å²) in [7, 11) is 0. The minimum Gasteiger partial charge on any atom is -0.406 e. The average molecular weight is 288 g/mol. The Hall–Kier alpha value is -1.76. The van der Waals surface area contributed by atoms with Crippen molar-refractivity contribution >= 4 is 11.6 Å². The lowest BCUT2D eigenvalue weighted by molar-refractivity contribution is -0.274. The quantitative estimate of drug-likeness (QED) is 0.895. The van der Waals surface area contributed by atoms with Gasteiger partial charge in [0.25, 0.3) is 0 Å². The van der Waals surface area contributed by atoms with Gasteiger partial charge >= 0.3 is 6.36 Å². The third kappa shape index (κ3) is 4.73. The largest absolute Gasteiger partial charge is 0.573 e. The molecule has 1 amide bonds. The van der Waals surface area contributed by atoms with Crippen molar-refractivity contribution in [2.45, 2.75) is 19.2 Å². The fourth-order valence-electron chi connectivity index (χ4n) is 2.13. The number of nitrogens with one attached hydrogen (secondary N) is 2. The Kier molecular flexibility index (Phi) is 4.49. The monoisotopic (exact) mass is 288 g/mol. The van der Waals surface area contributed by atoms with Gasteiger partial charge in [0.05, 0.1) is 0 Å². The van der Waals surface area contributed by atoms with E-state index in [0.29, 0.717) is 12.1 Å². The van der Waals surface area contributed by atoms with Gasteiger partial charge in [0.15, 0.2) is 0 Å². The maximum atomic E-state index is 12.1. The molecule has 1 fully saturated rings. The van der Waals surface area contributed by atoms with Crippen molar-refractivity contribution in [1.82, 2.24) is 5.32 Å². The number of anilines is 1. The van der Waals surface area contributed by atoms with Crippen molar-refractivity contribution in [2.24, 2.45) is 5.92 Å². The van der Waals surface area contributed by atoms with Gasteiger partial charge in [-0.05, 0) is 37.6 Å². The van der Waals surface area contributed by atoms with Gasteiger partial charge in [-0.25, -0.2) is 0 Å². The van der Waals surface area contributed by atoms with Crippen LogP contribution in [-0.4, -0.2) is 25.4 Å². The number of ether oxygens (including phenoxy) is 1. The van der Waals surface area contributed by atoms with Gasteiger partial charge in [-0.1, -0.05) is 6.07 Å². The molecule has 2 N–H and O–H groups in total. The number of carbonyl (C=O) groups is 1. The zero-order chi connectivity index (χ0) is 14.6. The van der Waals surface area contributed by atoms with Gasteiger partial charge in [-0.3, -0.25) is 4.79 Å². The topological polar surface area (TPSA) is 50.4 Å². The Morgan fingerprint density at radius 2 is 2.25 bits per heavy atom. The summed E-state index contributed by atoms with van der Waals surface area (Å²) in [6, 6.07) is 5.25. The molecule has 4 nitrogen and oxygen atoms in total. The highest BCUT2D eigenvalue weighted by atomic mass is 19.4. The van der Waals surface area contributed by atoms with Crippen molar-refractivity contribution in [1.29, 1.82) is 0 Å². The highest BCUT2D eigenvalue weighted by Crippen LogP contribution is 2.25. The van der Waals surface area contributed by atoms with Crippen LogP contribution in [0.15, 0.2) is 24.3 Å². The van der Waals surface area contributed by atoms with Crippen molar-refractivity contribution in [3.8, 4) is 5.75 Å². The Balaban J connectivity index is 1.91. The summed E-state index contributed by atoms with van der Waals surface area (Å²) in [5.74, 6) is -0.273. The summed E-state index contributed by atoms with van der Waals surface area (Å²) in [6.07, 6.45) is -3.44. The summed E-state index contributed by atoms with van der Waals surface area (Å²) < 4.78 is 40.1. The molecule has 0 bridgehead atoms. The minimum absolute atomic E-state index is 0.206. The summed E-state index contributed by atoms with van der Waals surface area (Å²) >= 11 is 0. The third-order valence-electron chi connectivity index (χ3n) is 2.99. The Morgan fingerprint density at radius 3 is 2.90 bits per heavy atom. The normalized spacial score (nSPS) is 18.9. The highest BCUT2D eigenvalue weighted by Gasteiger charge is 2.31. The Bertz CT molecular complexity index is 471. The lowest BCUT2D eigenvalue weighted by atomic mass is 10.0. The van der Waals surface area contributed by atoms with Crippen molar-refractivity contribution < 1.29 is 22.7 Å². The van der Waals surface area contributed by atoms with Crippen LogP contribution in [0.2, 0.25) is 0 Å². The van der Waals surface area contributed by atoms with E-state index in [1.807, 2.05) is 0 Å². The first kappa shape index (κ1) is 14.6. The first-order valence-electron chi connectivity index (χ1n) is 6.29. The van der Waals surface area contributed by atoms with E-state index in [-0.39, 0.29) is 17.6 Å². The molecule has 1 aromatic rings. The van der Waals surface area contributed by atoms with Gasteiger partial charge in [0.2, 0.25) is 5.91 Å². The predicted octanol–water partition coefficient (Wildman–Crippen LogP) is 2.52. The number of rotatable bonds is 4. The standard InChI is InChI=1S/C13H15F3N2O2/c14-13(15,16)20-11-3-1-2-10(7-11)18-12(19)6-9-4-5-17-8-9/h1-3,7,9,17H,4-6,8H2,(H,18,19). The van der Waals surface area contributed by atoms with Crippen LogP contribution in [0, 0.1) is 5.92 Å². The van der Waals surface area contributed by atoms with E-state index in [2.05, 4.69) is 15.4 Å². The van der Waals surface area contributed by atoms with E-state index in [4.69, 9.17) is 0 Å². The molecule has 2 rings (SSSR count). The fraction of sp³-hybridized carbons (Fsp3) is 0.462. The van der Waals surface area contributed by atoms with Crippen molar-refractivity contribution in [3.05, 3.63) is 24.3 Å². The van der Waals surface area contributed by atoms with Gasteiger partial charge in [-0.2, -0.15) is 0 Å².